The molecule has 6 heteroatoms. The number of nitrogens with one attached hydrogen (secondary N) is 2. The van der Waals surface area contributed by atoms with Gasteiger partial charge in [0.05, 0.1) is 0 Å². The van der Waals surface area contributed by atoms with Crippen molar-refractivity contribution in [3.8, 4) is 0 Å². The molecule has 0 fully saturated rings. The zero-order chi connectivity index (χ0) is 11.1. The highest BCUT2D eigenvalue weighted by Crippen LogP contribution is 1.99. The molecule has 4 nitrogen and oxygen atoms in total. The van der Waals surface area contributed by atoms with Crippen molar-refractivity contribution in [2.75, 3.05) is 5.75 Å². The van der Waals surface area contributed by atoms with Gasteiger partial charge in [-0.15, -0.1) is 0 Å². The Morgan fingerprint density at radius 1 is 1.53 bits per heavy atom. The number of pyridine rings is 1. The van der Waals surface area contributed by atoms with E-state index in [0.29, 0.717) is 10.0 Å². The van der Waals surface area contributed by atoms with Gasteiger partial charge in [-0.3, -0.25) is 20.6 Å². The van der Waals surface area contributed by atoms with Crippen LogP contribution < -0.4 is 10.9 Å². The lowest BCUT2D eigenvalue weighted by molar-refractivity contribution is 0.0939. The summed E-state index contributed by atoms with van der Waals surface area (Å²) >= 11 is 6.39. The molecule has 0 aromatic carbocycles. The molecule has 0 aliphatic heterocycles. The third-order valence-electron chi connectivity index (χ3n) is 1.45. The normalized spacial score (nSPS) is 9.40. The van der Waals surface area contributed by atoms with Crippen LogP contribution in [0.25, 0.3) is 0 Å². The van der Waals surface area contributed by atoms with Crippen LogP contribution in [0.15, 0.2) is 24.4 Å². The molecule has 1 heterocycles. The van der Waals surface area contributed by atoms with Crippen LogP contribution in [0.1, 0.15) is 17.4 Å². The van der Waals surface area contributed by atoms with E-state index >= 15 is 0 Å². The van der Waals surface area contributed by atoms with Gasteiger partial charge in [0.25, 0.3) is 5.91 Å². The molecular formula is C9H11N3OS2. The summed E-state index contributed by atoms with van der Waals surface area (Å²) in [5.41, 5.74) is 5.46. The van der Waals surface area contributed by atoms with E-state index in [4.69, 9.17) is 12.2 Å². The highest BCUT2D eigenvalue weighted by atomic mass is 32.2. The summed E-state index contributed by atoms with van der Waals surface area (Å²) in [5, 5.41) is 0. The fraction of sp³-hybridized carbons (Fsp3) is 0.222. The van der Waals surface area contributed by atoms with E-state index in [-0.39, 0.29) is 5.91 Å². The SMILES string of the molecule is CCSC(=S)NNC(=O)c1ccccn1. The van der Waals surface area contributed by atoms with Crippen LogP contribution in [0.4, 0.5) is 0 Å². The summed E-state index contributed by atoms with van der Waals surface area (Å²) in [6.45, 7) is 1.99. The number of amides is 1. The lowest BCUT2D eigenvalue weighted by Crippen LogP contribution is -2.39. The van der Waals surface area contributed by atoms with Crippen LogP contribution in [-0.4, -0.2) is 21.0 Å². The molecule has 0 bridgehead atoms. The van der Waals surface area contributed by atoms with Gasteiger partial charge < -0.3 is 0 Å². The highest BCUT2D eigenvalue weighted by Gasteiger charge is 2.05. The quantitative estimate of drug-likeness (QED) is 0.605. The number of carbonyl (C=O) groups excluding carboxylic acids is 1. The number of aromatic nitrogens is 1. The fourth-order valence-electron chi connectivity index (χ4n) is 0.836. The first-order valence-corrected chi connectivity index (χ1v) is 5.77. The van der Waals surface area contributed by atoms with Crippen LogP contribution in [-0.2, 0) is 0 Å². The number of nitrogens with zero attached hydrogens (tertiary/aromatic N) is 1. The molecule has 0 spiro atoms. The molecule has 15 heavy (non-hydrogen) atoms. The maximum atomic E-state index is 11.4. The molecule has 0 atom stereocenters. The molecule has 0 aliphatic carbocycles. The second-order valence-electron chi connectivity index (χ2n) is 2.51. The average molecular weight is 241 g/mol. The Morgan fingerprint density at radius 2 is 2.33 bits per heavy atom. The molecule has 0 saturated heterocycles. The van der Waals surface area contributed by atoms with E-state index in [0.717, 1.165) is 5.75 Å². The molecule has 1 amide bonds. The van der Waals surface area contributed by atoms with Crippen molar-refractivity contribution in [2.24, 2.45) is 0 Å². The van der Waals surface area contributed by atoms with Gasteiger partial charge in [-0.1, -0.05) is 37.0 Å². The molecular weight excluding hydrogens is 230 g/mol. The van der Waals surface area contributed by atoms with E-state index in [9.17, 15) is 4.79 Å². The van der Waals surface area contributed by atoms with Crippen molar-refractivity contribution in [3.05, 3.63) is 30.1 Å². The lowest BCUT2D eigenvalue weighted by Gasteiger charge is -2.07. The first-order chi connectivity index (χ1) is 7.24. The predicted octanol–water partition coefficient (Wildman–Crippen LogP) is 1.35. The molecule has 2 N–H and O–H groups in total. The maximum Gasteiger partial charge on any atom is 0.288 e. The van der Waals surface area contributed by atoms with Crippen molar-refractivity contribution in [1.82, 2.24) is 15.8 Å². The Morgan fingerprint density at radius 3 is 2.93 bits per heavy atom. The van der Waals surface area contributed by atoms with Gasteiger partial charge in [0.15, 0.2) is 4.32 Å². The smallest absolute Gasteiger partial charge is 0.283 e. The zero-order valence-corrected chi connectivity index (χ0v) is 9.82. The van der Waals surface area contributed by atoms with Crippen LogP contribution >= 0.6 is 24.0 Å². The number of carbonyl (C=O) groups is 1. The Bertz CT molecular complexity index is 342. The third kappa shape index (κ3) is 4.26. The van der Waals surface area contributed by atoms with Crippen LogP contribution in [0, 0.1) is 0 Å². The molecule has 1 rings (SSSR count). The number of thioether (sulfide) groups is 1. The first-order valence-electron chi connectivity index (χ1n) is 4.38. The average Bonchev–Trinajstić information content (AvgIpc) is 2.27. The van der Waals surface area contributed by atoms with Crippen LogP contribution in [0.3, 0.4) is 0 Å². The number of hydrogen-bond acceptors (Lipinski definition) is 4. The molecule has 0 unspecified atom stereocenters. The van der Waals surface area contributed by atoms with E-state index < -0.39 is 0 Å². The highest BCUT2D eigenvalue weighted by molar-refractivity contribution is 8.22. The van der Waals surface area contributed by atoms with E-state index in [2.05, 4.69) is 15.8 Å². The number of hydrogen-bond donors (Lipinski definition) is 2. The van der Waals surface area contributed by atoms with Gasteiger partial charge >= 0.3 is 0 Å². The monoisotopic (exact) mass is 241 g/mol. The van der Waals surface area contributed by atoms with Crippen molar-refractivity contribution >= 4 is 34.2 Å². The summed E-state index contributed by atoms with van der Waals surface area (Å²) in [5.74, 6) is 0.570. The number of hydrazine groups is 1. The minimum absolute atomic E-state index is 0.297. The lowest BCUT2D eigenvalue weighted by atomic mass is 10.3. The summed E-state index contributed by atoms with van der Waals surface area (Å²) in [6, 6.07) is 5.13. The summed E-state index contributed by atoms with van der Waals surface area (Å²) in [7, 11) is 0. The summed E-state index contributed by atoms with van der Waals surface area (Å²) in [4.78, 5) is 15.3. The van der Waals surface area contributed by atoms with Gasteiger partial charge in [-0.05, 0) is 17.9 Å². The van der Waals surface area contributed by atoms with Crippen LogP contribution in [0.5, 0.6) is 0 Å². The Balaban J connectivity index is 2.40. The molecule has 1 aromatic heterocycles. The number of rotatable bonds is 2. The molecule has 0 radical (unpaired) electrons. The van der Waals surface area contributed by atoms with Crippen molar-refractivity contribution in [2.45, 2.75) is 6.92 Å². The van der Waals surface area contributed by atoms with Gasteiger partial charge in [0.2, 0.25) is 0 Å². The summed E-state index contributed by atoms with van der Waals surface area (Å²) in [6.07, 6.45) is 1.56. The van der Waals surface area contributed by atoms with Crippen molar-refractivity contribution < 1.29 is 4.79 Å². The first kappa shape index (κ1) is 11.9. The van der Waals surface area contributed by atoms with Gasteiger partial charge in [0.1, 0.15) is 5.69 Å². The minimum atomic E-state index is -0.297. The molecule has 0 saturated carbocycles. The Kier molecular flexibility index (Phi) is 5.06. The Hall–Kier alpha value is -1.14. The molecule has 80 valence electrons. The van der Waals surface area contributed by atoms with E-state index in [1.165, 1.54) is 11.8 Å². The van der Waals surface area contributed by atoms with E-state index in [1.54, 1.807) is 24.4 Å². The van der Waals surface area contributed by atoms with Gasteiger partial charge in [0, 0.05) is 6.20 Å². The van der Waals surface area contributed by atoms with Crippen molar-refractivity contribution in [1.29, 1.82) is 0 Å². The van der Waals surface area contributed by atoms with E-state index in [1.807, 2.05) is 6.92 Å². The zero-order valence-electron chi connectivity index (χ0n) is 8.19. The Labute approximate surface area is 97.8 Å². The molecule has 0 aliphatic rings. The molecule has 1 aromatic rings. The second-order valence-corrected chi connectivity index (χ2v) is 4.46. The van der Waals surface area contributed by atoms with Gasteiger partial charge in [-0.2, -0.15) is 0 Å². The standard InChI is InChI=1S/C9H11N3OS2/c1-2-15-9(14)12-11-8(13)7-5-3-4-6-10-7/h3-6H,2H2,1H3,(H,11,13)(H,12,14). The predicted molar refractivity (Wildman–Crippen MR) is 65.6 cm³/mol. The number of thiocarbonyl (C=S) groups is 1. The second kappa shape index (κ2) is 6.36. The summed E-state index contributed by atoms with van der Waals surface area (Å²) < 4.78 is 0.543. The van der Waals surface area contributed by atoms with Gasteiger partial charge in [-0.25, -0.2) is 0 Å². The van der Waals surface area contributed by atoms with Crippen LogP contribution in [0.2, 0.25) is 0 Å². The minimum Gasteiger partial charge on any atom is -0.283 e. The topological polar surface area (TPSA) is 54.0 Å². The fourth-order valence-corrected chi connectivity index (χ4v) is 1.63. The maximum absolute atomic E-state index is 11.4. The van der Waals surface area contributed by atoms with Crippen molar-refractivity contribution in [3.63, 3.8) is 0 Å². The third-order valence-corrected chi connectivity index (χ3v) is 2.56. The largest absolute Gasteiger partial charge is 0.288 e.